The van der Waals surface area contributed by atoms with E-state index in [0.29, 0.717) is 25.2 Å². The molecule has 10 heteroatoms. The van der Waals surface area contributed by atoms with Crippen molar-refractivity contribution in [2.75, 3.05) is 17.5 Å². The number of fused-ring (bicyclic) bond motifs is 1. The summed E-state index contributed by atoms with van der Waals surface area (Å²) in [5.41, 5.74) is 2.83. The Morgan fingerprint density at radius 3 is 2.61 bits per heavy atom. The molecule has 0 bridgehead atoms. The van der Waals surface area contributed by atoms with Gasteiger partial charge in [0.15, 0.2) is 0 Å². The fourth-order valence-electron chi connectivity index (χ4n) is 2.80. The first kappa shape index (κ1) is 21.3. The van der Waals surface area contributed by atoms with Crippen molar-refractivity contribution in [1.82, 2.24) is 9.88 Å². The molecule has 28 heavy (non-hydrogen) atoms. The number of nitrogens with zero attached hydrogens (tertiary/aromatic N) is 2. The van der Waals surface area contributed by atoms with E-state index in [1.54, 1.807) is 23.1 Å². The molecule has 1 aromatic carbocycles. The highest BCUT2D eigenvalue weighted by Crippen LogP contribution is 2.21. The van der Waals surface area contributed by atoms with Crippen LogP contribution in [0.2, 0.25) is 0 Å². The third-order valence-electron chi connectivity index (χ3n) is 3.96. The van der Waals surface area contributed by atoms with Crippen molar-refractivity contribution in [2.45, 2.75) is 19.4 Å². The summed E-state index contributed by atoms with van der Waals surface area (Å²) in [5.74, 6) is -0.390. The van der Waals surface area contributed by atoms with Crippen LogP contribution in [-0.4, -0.2) is 48.6 Å². The number of sulfonamides is 1. The molecule has 0 fully saturated rings. The van der Waals surface area contributed by atoms with E-state index < -0.39 is 10.0 Å². The quantitative estimate of drug-likeness (QED) is 0.738. The van der Waals surface area contributed by atoms with Gasteiger partial charge in [-0.2, -0.15) is 0 Å². The van der Waals surface area contributed by atoms with Crippen LogP contribution < -0.4 is 4.72 Å². The van der Waals surface area contributed by atoms with E-state index in [1.807, 2.05) is 0 Å². The van der Waals surface area contributed by atoms with Gasteiger partial charge in [0.05, 0.1) is 24.6 Å². The number of nitrogens with one attached hydrogen (secondary N) is 1. The summed E-state index contributed by atoms with van der Waals surface area (Å²) in [5, 5.41) is 6.89. The number of halogens is 1. The predicted molar refractivity (Wildman–Crippen MR) is 101 cm³/mol. The average Bonchev–Trinajstić information content (AvgIpc) is 2.62. The molecule has 2 heterocycles. The van der Waals surface area contributed by atoms with E-state index in [9.17, 15) is 17.6 Å². The summed E-state index contributed by atoms with van der Waals surface area (Å²) in [6, 6.07) is 7.57. The number of amides is 1. The lowest BCUT2D eigenvalue weighted by Crippen LogP contribution is -2.37. The van der Waals surface area contributed by atoms with Gasteiger partial charge in [-0.15, -0.1) is 0 Å². The van der Waals surface area contributed by atoms with Gasteiger partial charge in [0, 0.05) is 25.2 Å². The third kappa shape index (κ3) is 6.31. The van der Waals surface area contributed by atoms with Crippen molar-refractivity contribution in [3.63, 3.8) is 0 Å². The Morgan fingerprint density at radius 2 is 2.00 bits per heavy atom. The molecular formula is C18H20FN3O5S. The first-order valence-corrected chi connectivity index (χ1v) is 10.2. The molecule has 1 aliphatic rings. The van der Waals surface area contributed by atoms with Crippen LogP contribution in [0.3, 0.4) is 0 Å². The smallest absolute Gasteiger partial charge is 0.290 e. The lowest BCUT2D eigenvalue weighted by atomic mass is 10.0. The third-order valence-corrected chi connectivity index (χ3v) is 4.57. The van der Waals surface area contributed by atoms with Crippen LogP contribution in [0.5, 0.6) is 0 Å². The number of carboxylic acid groups (broad SMARTS) is 1. The Bertz CT molecular complexity index is 948. The zero-order valence-corrected chi connectivity index (χ0v) is 15.9. The number of aromatic nitrogens is 1. The fourth-order valence-corrected chi connectivity index (χ4v) is 3.34. The van der Waals surface area contributed by atoms with Gasteiger partial charge in [-0.05, 0) is 29.3 Å². The number of carbonyl (C=O) groups is 2. The normalized spacial score (nSPS) is 13.0. The van der Waals surface area contributed by atoms with Gasteiger partial charge in [0.25, 0.3) is 6.47 Å². The van der Waals surface area contributed by atoms with Crippen molar-refractivity contribution in [1.29, 1.82) is 0 Å². The first-order valence-electron chi connectivity index (χ1n) is 8.27. The number of carbonyl (C=O) groups excluding carboxylic acids is 1. The van der Waals surface area contributed by atoms with Crippen LogP contribution >= 0.6 is 0 Å². The molecule has 2 N–H and O–H groups in total. The average molecular weight is 409 g/mol. The lowest BCUT2D eigenvalue weighted by molar-refractivity contribution is -0.131. The monoisotopic (exact) mass is 409 g/mol. The molecule has 1 amide bonds. The van der Waals surface area contributed by atoms with Crippen LogP contribution in [-0.2, 0) is 39.0 Å². The largest absolute Gasteiger partial charge is 0.483 e. The van der Waals surface area contributed by atoms with Crippen LogP contribution in [0.1, 0.15) is 16.8 Å². The van der Waals surface area contributed by atoms with Crippen LogP contribution in [0.25, 0.3) is 0 Å². The minimum absolute atomic E-state index is 0.0567. The van der Waals surface area contributed by atoms with Crippen molar-refractivity contribution in [3.05, 3.63) is 59.2 Å². The Balaban J connectivity index is 0.000000878. The molecular weight excluding hydrogens is 389 g/mol. The van der Waals surface area contributed by atoms with Gasteiger partial charge in [-0.25, -0.2) is 12.8 Å². The molecule has 0 radical (unpaired) electrons. The summed E-state index contributed by atoms with van der Waals surface area (Å²) < 4.78 is 38.0. The van der Waals surface area contributed by atoms with E-state index in [-0.39, 0.29) is 24.6 Å². The summed E-state index contributed by atoms with van der Waals surface area (Å²) in [7, 11) is -3.38. The summed E-state index contributed by atoms with van der Waals surface area (Å²) >= 11 is 0. The number of hydrogen-bond acceptors (Lipinski definition) is 5. The Labute approximate surface area is 162 Å². The second kappa shape index (κ2) is 9.27. The molecule has 0 spiro atoms. The molecule has 0 saturated carbocycles. The number of hydrogen-bond donors (Lipinski definition) is 2. The Hall–Kier alpha value is -3.01. The molecule has 0 atom stereocenters. The maximum Gasteiger partial charge on any atom is 0.290 e. The van der Waals surface area contributed by atoms with E-state index >= 15 is 0 Å². The lowest BCUT2D eigenvalue weighted by Gasteiger charge is -2.28. The zero-order valence-electron chi connectivity index (χ0n) is 15.1. The SMILES string of the molecule is CS(=O)(=O)Nc1cnc2c(c1)CN(C(=O)Cc1ccc(F)cc1)CC2.O=CO. The molecule has 2 aromatic rings. The number of benzene rings is 1. The second-order valence-corrected chi connectivity index (χ2v) is 7.93. The zero-order chi connectivity index (χ0) is 20.7. The maximum atomic E-state index is 12.9. The molecule has 1 aliphatic heterocycles. The molecule has 1 aromatic heterocycles. The predicted octanol–water partition coefficient (Wildman–Crippen LogP) is 1.42. The summed E-state index contributed by atoms with van der Waals surface area (Å²) in [6.07, 6.45) is 3.37. The maximum absolute atomic E-state index is 12.9. The topological polar surface area (TPSA) is 117 Å². The van der Waals surface area contributed by atoms with Crippen LogP contribution in [0, 0.1) is 5.82 Å². The summed E-state index contributed by atoms with van der Waals surface area (Å²) in [4.78, 5) is 26.8. The van der Waals surface area contributed by atoms with Gasteiger partial charge in [-0.1, -0.05) is 12.1 Å². The van der Waals surface area contributed by atoms with Crippen molar-refractivity contribution < 1.29 is 27.5 Å². The Kier molecular flexibility index (Phi) is 7.05. The number of anilines is 1. The second-order valence-electron chi connectivity index (χ2n) is 6.18. The minimum atomic E-state index is -3.38. The van der Waals surface area contributed by atoms with E-state index in [2.05, 4.69) is 9.71 Å². The fraction of sp³-hybridized carbons (Fsp3) is 0.278. The molecule has 0 saturated heterocycles. The van der Waals surface area contributed by atoms with Gasteiger partial charge in [0.2, 0.25) is 15.9 Å². The molecule has 150 valence electrons. The number of rotatable bonds is 4. The van der Waals surface area contributed by atoms with Gasteiger partial charge in [-0.3, -0.25) is 19.3 Å². The molecule has 0 aliphatic carbocycles. The van der Waals surface area contributed by atoms with Gasteiger partial charge >= 0.3 is 0 Å². The highest BCUT2D eigenvalue weighted by atomic mass is 32.2. The van der Waals surface area contributed by atoms with Crippen LogP contribution in [0.15, 0.2) is 36.5 Å². The van der Waals surface area contributed by atoms with Crippen molar-refractivity contribution in [2.24, 2.45) is 0 Å². The van der Waals surface area contributed by atoms with Crippen molar-refractivity contribution in [3.8, 4) is 0 Å². The highest BCUT2D eigenvalue weighted by molar-refractivity contribution is 7.92. The molecule has 3 rings (SSSR count). The highest BCUT2D eigenvalue weighted by Gasteiger charge is 2.22. The Morgan fingerprint density at radius 1 is 1.36 bits per heavy atom. The van der Waals surface area contributed by atoms with E-state index in [0.717, 1.165) is 23.1 Å². The first-order chi connectivity index (χ1) is 13.2. The molecule has 8 nitrogen and oxygen atoms in total. The number of pyridine rings is 1. The summed E-state index contributed by atoms with van der Waals surface area (Å²) in [6.45, 7) is 0.681. The van der Waals surface area contributed by atoms with Crippen molar-refractivity contribution >= 4 is 28.1 Å². The van der Waals surface area contributed by atoms with Gasteiger partial charge in [0.1, 0.15) is 5.82 Å². The molecule has 0 unspecified atom stereocenters. The van der Waals surface area contributed by atoms with Gasteiger partial charge < -0.3 is 10.0 Å². The van der Waals surface area contributed by atoms with E-state index in [4.69, 9.17) is 9.90 Å². The minimum Gasteiger partial charge on any atom is -0.483 e. The van der Waals surface area contributed by atoms with E-state index in [1.165, 1.54) is 18.3 Å². The standard InChI is InChI=1S/C17H18FN3O3S.CH2O2/c1-25(23,24)20-15-9-13-11-21(7-6-16(13)19-10-15)17(22)8-12-2-4-14(18)5-3-12;2-1-3/h2-5,9-10,20H,6-8,11H2,1H3;1H,(H,2,3). The van der Waals surface area contributed by atoms with Crippen LogP contribution in [0.4, 0.5) is 10.1 Å².